The number of carbonyl (C=O) groups excluding carboxylic acids is 1. The zero-order valence-corrected chi connectivity index (χ0v) is 14.5. The third kappa shape index (κ3) is 4.60. The quantitative estimate of drug-likeness (QED) is 0.624. The van der Waals surface area contributed by atoms with Gasteiger partial charge in [-0.05, 0) is 41.7 Å². The summed E-state index contributed by atoms with van der Waals surface area (Å²) >= 11 is 0. The van der Waals surface area contributed by atoms with Crippen LogP contribution in [0.25, 0.3) is 10.8 Å². The monoisotopic (exact) mass is 332 g/mol. The Morgan fingerprint density at radius 1 is 0.920 bits per heavy atom. The molecule has 2 amide bonds. The number of carbonyl (C=O) groups is 1. The van der Waals surface area contributed by atoms with Crippen molar-refractivity contribution in [2.75, 3.05) is 6.54 Å². The van der Waals surface area contributed by atoms with Crippen molar-refractivity contribution in [3.8, 4) is 0 Å². The van der Waals surface area contributed by atoms with E-state index >= 15 is 0 Å². The van der Waals surface area contributed by atoms with Crippen LogP contribution in [0, 0.1) is 0 Å². The molecule has 3 nitrogen and oxygen atoms in total. The average molecular weight is 332 g/mol. The standard InChI is InChI=1S/C22H24N2O/c1-17(20-15-7-13-19-12-5-6-14-21(19)20)24-22(25)23-16-8-11-18-9-3-2-4-10-18/h2-7,9-10,12-15,17H,8,11,16H2,1H3,(H2,23,24,25)/t17-/m1/s1. The molecule has 0 aromatic heterocycles. The first-order chi connectivity index (χ1) is 12.2. The molecule has 0 fully saturated rings. The smallest absolute Gasteiger partial charge is 0.315 e. The van der Waals surface area contributed by atoms with Crippen LogP contribution in [-0.2, 0) is 6.42 Å². The van der Waals surface area contributed by atoms with Crippen LogP contribution in [0.1, 0.15) is 30.5 Å². The molecule has 0 aliphatic rings. The van der Waals surface area contributed by atoms with Crippen LogP contribution in [0.4, 0.5) is 4.79 Å². The molecule has 3 heteroatoms. The molecular weight excluding hydrogens is 308 g/mol. The molecule has 1 atom stereocenters. The minimum Gasteiger partial charge on any atom is -0.338 e. The maximum atomic E-state index is 12.2. The van der Waals surface area contributed by atoms with Gasteiger partial charge in [0.25, 0.3) is 0 Å². The van der Waals surface area contributed by atoms with Crippen molar-refractivity contribution in [1.29, 1.82) is 0 Å². The topological polar surface area (TPSA) is 41.1 Å². The van der Waals surface area contributed by atoms with Gasteiger partial charge in [0.15, 0.2) is 0 Å². The number of rotatable bonds is 6. The first-order valence-electron chi connectivity index (χ1n) is 8.80. The minimum absolute atomic E-state index is 0.0415. The Labute approximate surface area is 149 Å². The fourth-order valence-electron chi connectivity index (χ4n) is 3.09. The van der Waals surface area contributed by atoms with Gasteiger partial charge in [-0.1, -0.05) is 72.8 Å². The third-order valence-corrected chi connectivity index (χ3v) is 4.41. The van der Waals surface area contributed by atoms with E-state index in [0.29, 0.717) is 6.54 Å². The molecule has 0 aliphatic carbocycles. The molecule has 2 N–H and O–H groups in total. The van der Waals surface area contributed by atoms with Gasteiger partial charge in [0.05, 0.1) is 6.04 Å². The normalized spacial score (nSPS) is 11.9. The van der Waals surface area contributed by atoms with Gasteiger partial charge in [0.1, 0.15) is 0 Å². The van der Waals surface area contributed by atoms with Gasteiger partial charge in [-0.3, -0.25) is 0 Å². The van der Waals surface area contributed by atoms with Crippen molar-refractivity contribution in [2.45, 2.75) is 25.8 Å². The summed E-state index contributed by atoms with van der Waals surface area (Å²) in [7, 11) is 0. The summed E-state index contributed by atoms with van der Waals surface area (Å²) in [5.41, 5.74) is 2.44. The van der Waals surface area contributed by atoms with Gasteiger partial charge in [0, 0.05) is 6.54 Å². The van der Waals surface area contributed by atoms with Crippen LogP contribution in [-0.4, -0.2) is 12.6 Å². The number of nitrogens with one attached hydrogen (secondary N) is 2. The Balaban J connectivity index is 1.50. The molecule has 0 heterocycles. The van der Waals surface area contributed by atoms with E-state index in [1.54, 1.807) is 0 Å². The summed E-state index contributed by atoms with van der Waals surface area (Å²) in [4.78, 5) is 12.2. The van der Waals surface area contributed by atoms with Crippen molar-refractivity contribution in [1.82, 2.24) is 10.6 Å². The molecule has 0 saturated heterocycles. The molecule has 0 bridgehead atoms. The Kier molecular flexibility index (Phi) is 5.68. The second-order valence-electron chi connectivity index (χ2n) is 6.28. The SMILES string of the molecule is C[C@@H](NC(=O)NCCCc1ccccc1)c1cccc2ccccc12. The van der Waals surface area contributed by atoms with Crippen molar-refractivity contribution in [3.63, 3.8) is 0 Å². The molecule has 3 aromatic rings. The van der Waals surface area contributed by atoms with Gasteiger partial charge in [-0.25, -0.2) is 4.79 Å². The third-order valence-electron chi connectivity index (χ3n) is 4.41. The van der Waals surface area contributed by atoms with Crippen LogP contribution < -0.4 is 10.6 Å². The number of benzene rings is 3. The molecule has 0 radical (unpaired) electrons. The number of hydrogen-bond acceptors (Lipinski definition) is 1. The van der Waals surface area contributed by atoms with E-state index in [0.717, 1.165) is 18.4 Å². The molecule has 0 spiro atoms. The lowest BCUT2D eigenvalue weighted by molar-refractivity contribution is 0.238. The predicted molar refractivity (Wildman–Crippen MR) is 104 cm³/mol. The summed E-state index contributed by atoms with van der Waals surface area (Å²) in [6.45, 7) is 2.69. The summed E-state index contributed by atoms with van der Waals surface area (Å²) in [5, 5.41) is 8.36. The highest BCUT2D eigenvalue weighted by Crippen LogP contribution is 2.23. The van der Waals surface area contributed by atoms with Crippen LogP contribution >= 0.6 is 0 Å². The van der Waals surface area contributed by atoms with E-state index in [1.165, 1.54) is 16.3 Å². The average Bonchev–Trinajstić information content (AvgIpc) is 2.65. The highest BCUT2D eigenvalue weighted by molar-refractivity contribution is 5.86. The van der Waals surface area contributed by atoms with E-state index in [2.05, 4.69) is 47.0 Å². The first-order valence-corrected chi connectivity index (χ1v) is 8.80. The Morgan fingerprint density at radius 3 is 2.48 bits per heavy atom. The second kappa shape index (κ2) is 8.34. The number of amides is 2. The first kappa shape index (κ1) is 17.0. The molecule has 3 rings (SSSR count). The zero-order valence-electron chi connectivity index (χ0n) is 14.5. The Bertz CT molecular complexity index is 824. The summed E-state index contributed by atoms with van der Waals surface area (Å²) in [6.07, 6.45) is 1.90. The minimum atomic E-state index is -0.117. The Morgan fingerprint density at radius 2 is 1.64 bits per heavy atom. The predicted octanol–water partition coefficient (Wildman–Crippen LogP) is 4.83. The Hall–Kier alpha value is -2.81. The van der Waals surface area contributed by atoms with Crippen molar-refractivity contribution in [2.24, 2.45) is 0 Å². The van der Waals surface area contributed by atoms with Gasteiger partial charge < -0.3 is 10.6 Å². The molecule has 0 saturated carbocycles. The zero-order chi connectivity index (χ0) is 17.5. The number of hydrogen-bond donors (Lipinski definition) is 2. The van der Waals surface area contributed by atoms with E-state index < -0.39 is 0 Å². The number of urea groups is 1. The number of fused-ring (bicyclic) bond motifs is 1. The number of aryl methyl sites for hydroxylation is 1. The van der Waals surface area contributed by atoms with Crippen LogP contribution in [0.2, 0.25) is 0 Å². The maximum Gasteiger partial charge on any atom is 0.315 e. The fourth-order valence-corrected chi connectivity index (χ4v) is 3.09. The van der Waals surface area contributed by atoms with E-state index in [4.69, 9.17) is 0 Å². The lowest BCUT2D eigenvalue weighted by Gasteiger charge is -2.17. The van der Waals surface area contributed by atoms with E-state index in [1.807, 2.05) is 43.3 Å². The second-order valence-corrected chi connectivity index (χ2v) is 6.28. The van der Waals surface area contributed by atoms with Gasteiger partial charge in [-0.15, -0.1) is 0 Å². The van der Waals surface area contributed by atoms with Crippen LogP contribution in [0.5, 0.6) is 0 Å². The molecule has 128 valence electrons. The van der Waals surface area contributed by atoms with Gasteiger partial charge >= 0.3 is 6.03 Å². The highest BCUT2D eigenvalue weighted by atomic mass is 16.2. The van der Waals surface area contributed by atoms with E-state index in [9.17, 15) is 4.79 Å². The molecular formula is C22H24N2O. The summed E-state index contributed by atoms with van der Waals surface area (Å²) < 4.78 is 0. The summed E-state index contributed by atoms with van der Waals surface area (Å²) in [5.74, 6) is 0. The maximum absolute atomic E-state index is 12.2. The highest BCUT2D eigenvalue weighted by Gasteiger charge is 2.11. The fraction of sp³-hybridized carbons (Fsp3) is 0.227. The van der Waals surface area contributed by atoms with Gasteiger partial charge in [-0.2, -0.15) is 0 Å². The summed E-state index contributed by atoms with van der Waals surface area (Å²) in [6, 6.07) is 24.6. The van der Waals surface area contributed by atoms with E-state index in [-0.39, 0.29) is 12.1 Å². The van der Waals surface area contributed by atoms with Gasteiger partial charge in [0.2, 0.25) is 0 Å². The molecule has 3 aromatic carbocycles. The largest absolute Gasteiger partial charge is 0.338 e. The molecule has 0 aliphatic heterocycles. The van der Waals surface area contributed by atoms with Crippen molar-refractivity contribution in [3.05, 3.63) is 83.9 Å². The lowest BCUT2D eigenvalue weighted by atomic mass is 10.00. The lowest BCUT2D eigenvalue weighted by Crippen LogP contribution is -2.37. The van der Waals surface area contributed by atoms with Crippen molar-refractivity contribution < 1.29 is 4.79 Å². The molecule has 0 unspecified atom stereocenters. The van der Waals surface area contributed by atoms with Crippen LogP contribution in [0.15, 0.2) is 72.8 Å². The van der Waals surface area contributed by atoms with Crippen molar-refractivity contribution >= 4 is 16.8 Å². The van der Waals surface area contributed by atoms with Crippen LogP contribution in [0.3, 0.4) is 0 Å². The molecule has 25 heavy (non-hydrogen) atoms.